The molecule has 0 radical (unpaired) electrons. The Hall–Kier alpha value is -11.5. The predicted molar refractivity (Wildman–Crippen MR) is 435 cm³/mol. The number of primary amides is 3. The molecule has 3 saturated carbocycles. The summed E-state index contributed by atoms with van der Waals surface area (Å²) in [5.74, 6) is -21.2. The lowest BCUT2D eigenvalue weighted by molar-refractivity contribution is -0.333. The number of nitrogens with zero attached hydrogens (tertiary/aromatic N) is 1. The van der Waals surface area contributed by atoms with Gasteiger partial charge in [0, 0.05) is 46.9 Å². The maximum atomic E-state index is 16.1. The standard InChI is InChI=1S/C83H94Cl2N12O29/c1-27(2)15-39(90-5)75(113)96-62-65(105)31-9-13-45(37(85)18-31)123-48-20-32-19-47(69(48)126-81-70(68(108)67(107)49(26-98)124-81)125-52-25-82(4,89)71(109)28(3)121-52)122-44-12-8-29(17-36(44)84)42(101)24-51(104)93-61(80(118)97-63-56(64(63)97)72(110)83(119)57-55(58(57)83)77(115)91-38-10-14-46(120-6)54(66(38)106)73(87)111)35-21-33(99)22-43(102)53(35)34-16-30(7-11-41(34)100)59(74(88)112)94-78(116)60(32)95-76(114)40(23-50(86)103)92-79(62)117/h7-14,16-22,27-28,39-40,42,49,52,55-65,67-68,70-72,81,90,98-102,105-110,119H,15,23-26,89H2,1-6H3,(H2,86,103)(H2,87,111)(H2,88,112)(H,91,115)(H,92,117)(H,93,104)(H,94,116)(H,95,114)(H,96,113)/t28-,39-,40+,42+,49+,52-,55?,56?,57?,58?,59-,60-,61?,62-,63?,64?,65-,67-,68+,70+,71-,72?,81?,82+,83?,97?/m1/s1. The van der Waals surface area contributed by atoms with Gasteiger partial charge in [0.15, 0.2) is 29.6 Å². The van der Waals surface area contributed by atoms with Crippen molar-refractivity contribution in [1.29, 1.82) is 0 Å². The van der Waals surface area contributed by atoms with Crippen molar-refractivity contribution < 1.29 is 142 Å². The Bertz CT molecular complexity index is 5380. The normalized spacial score (nSPS) is 31.3. The molecule has 7 aliphatic heterocycles. The van der Waals surface area contributed by atoms with Crippen molar-refractivity contribution in [1.82, 2.24) is 36.8 Å². The summed E-state index contributed by atoms with van der Waals surface area (Å²) < 4.78 is 43.7. The van der Waals surface area contributed by atoms with Crippen LogP contribution >= 0.6 is 23.2 Å². The van der Waals surface area contributed by atoms with Crippen molar-refractivity contribution in [2.75, 3.05) is 26.1 Å². The number of hydrogen-bond donors (Lipinski definition) is 23. The van der Waals surface area contributed by atoms with E-state index in [4.69, 9.17) is 79.3 Å². The van der Waals surface area contributed by atoms with Crippen LogP contribution in [-0.4, -0.2) is 243 Å². The van der Waals surface area contributed by atoms with E-state index in [-0.39, 0.29) is 52.6 Å². The summed E-state index contributed by atoms with van der Waals surface area (Å²) in [5, 5.41) is 157. The number of hydrogen-bond acceptors (Lipinski definition) is 31. The van der Waals surface area contributed by atoms with Crippen LogP contribution in [0.3, 0.4) is 0 Å². The average Bonchev–Trinajstić information content (AvgIpc) is 1.44. The first-order valence-corrected chi connectivity index (χ1v) is 40.7. The number of nitrogens with two attached hydrogens (primary N) is 4. The fraction of sp³-hybridized carbons (Fsp3) is 0.446. The Morgan fingerprint density at radius 1 is 0.738 bits per heavy atom. The van der Waals surface area contributed by atoms with E-state index in [1.54, 1.807) is 13.8 Å². The van der Waals surface area contributed by atoms with Crippen LogP contribution in [-0.2, 0) is 57.4 Å². The summed E-state index contributed by atoms with van der Waals surface area (Å²) in [5.41, 5.74) is 17.3. The van der Waals surface area contributed by atoms with Crippen LogP contribution in [0.2, 0.25) is 10.0 Å². The monoisotopic (exact) mass is 1790 g/mol. The lowest BCUT2D eigenvalue weighted by Crippen LogP contribution is -2.64. The fourth-order valence-corrected chi connectivity index (χ4v) is 17.8. The minimum Gasteiger partial charge on any atom is -0.508 e. The molecule has 22 atom stereocenters. The van der Waals surface area contributed by atoms with Crippen LogP contribution in [0, 0.1) is 29.6 Å². The topological polar surface area (TPSA) is 669 Å². The second-order valence-electron chi connectivity index (χ2n) is 33.2. The summed E-state index contributed by atoms with van der Waals surface area (Å²) in [6.07, 6.45) is -21.2. The quantitative estimate of drug-likeness (QED) is 0.0323. The molecule has 43 heteroatoms. The third kappa shape index (κ3) is 17.4. The number of phenols is 4. The number of rotatable bonds is 20. The van der Waals surface area contributed by atoms with Crippen LogP contribution in [0.15, 0.2) is 91.0 Å². The molecule has 16 rings (SSSR count). The molecule has 10 aliphatic rings. The molecule has 0 spiro atoms. The molecule has 674 valence electrons. The van der Waals surface area contributed by atoms with Crippen LogP contribution in [0.1, 0.15) is 122 Å². The average molecular weight is 1790 g/mol. The molecular weight excluding hydrogens is 1700 g/mol. The van der Waals surface area contributed by atoms with Gasteiger partial charge in [0.2, 0.25) is 59.3 Å². The van der Waals surface area contributed by atoms with E-state index in [9.17, 15) is 94.8 Å². The molecule has 3 saturated heterocycles. The molecule has 41 nitrogen and oxygen atoms in total. The Labute approximate surface area is 725 Å². The summed E-state index contributed by atoms with van der Waals surface area (Å²) in [7, 11) is 2.69. The van der Waals surface area contributed by atoms with E-state index in [2.05, 4.69) is 37.2 Å². The Balaban J connectivity index is 0.877. The van der Waals surface area contributed by atoms with Gasteiger partial charge in [-0.25, -0.2) is 0 Å². The van der Waals surface area contributed by atoms with Gasteiger partial charge in [-0.15, -0.1) is 0 Å². The second-order valence-corrected chi connectivity index (χ2v) is 34.0. The number of fused-ring (bicyclic) bond motifs is 18. The van der Waals surface area contributed by atoms with Gasteiger partial charge in [-0.3, -0.25) is 47.9 Å². The van der Waals surface area contributed by atoms with Gasteiger partial charge in [-0.2, -0.15) is 0 Å². The lowest BCUT2D eigenvalue weighted by Gasteiger charge is -2.47. The van der Waals surface area contributed by atoms with Crippen LogP contribution < -0.4 is 79.1 Å². The Kier molecular flexibility index (Phi) is 25.2. The molecule has 7 heterocycles. The van der Waals surface area contributed by atoms with Crippen molar-refractivity contribution in [2.24, 2.45) is 52.5 Å². The zero-order chi connectivity index (χ0) is 91.4. The van der Waals surface area contributed by atoms with Crippen LogP contribution in [0.5, 0.6) is 57.5 Å². The number of carbonyl (C=O) groups excluding carboxylic acids is 10. The number of likely N-dealkylation sites (N-methyl/N-ethyl adjacent to an activating group) is 1. The number of likely N-dealkylation sites (tertiary alicyclic amines) is 1. The lowest BCUT2D eigenvalue weighted by atomic mass is 9.86. The minimum atomic E-state index is -2.38. The highest BCUT2D eigenvalue weighted by Gasteiger charge is 2.92. The summed E-state index contributed by atoms with van der Waals surface area (Å²) in [4.78, 5) is 146. The van der Waals surface area contributed by atoms with Gasteiger partial charge in [0.1, 0.15) is 94.7 Å². The van der Waals surface area contributed by atoms with Crippen molar-refractivity contribution in [2.45, 2.75) is 180 Å². The maximum absolute atomic E-state index is 16.1. The van der Waals surface area contributed by atoms with E-state index in [0.29, 0.717) is 0 Å². The number of aliphatic hydroxyl groups excluding tert-OH is 7. The van der Waals surface area contributed by atoms with Gasteiger partial charge in [0.05, 0.1) is 96.4 Å². The molecule has 126 heavy (non-hydrogen) atoms. The van der Waals surface area contributed by atoms with E-state index in [1.807, 2.05) is 0 Å². The number of aromatic hydroxyl groups is 4. The van der Waals surface area contributed by atoms with Crippen molar-refractivity contribution >= 4 is 88.0 Å². The maximum Gasteiger partial charge on any atom is 0.256 e. The van der Waals surface area contributed by atoms with Gasteiger partial charge < -0.3 is 159 Å². The van der Waals surface area contributed by atoms with E-state index in [1.165, 1.54) is 57.2 Å². The number of amides is 10. The third-order valence-corrected chi connectivity index (χ3v) is 24.7. The Morgan fingerprint density at radius 3 is 1.98 bits per heavy atom. The highest BCUT2D eigenvalue weighted by molar-refractivity contribution is 6.32. The third-order valence-electron chi connectivity index (χ3n) is 24.1. The molecule has 10 amide bonds. The number of anilines is 1. The molecular formula is C83H94Cl2N12O29. The number of carbonyl (C=O) groups is 10. The number of phenolic OH excluding ortho intramolecular Hbond substituents is 3. The summed E-state index contributed by atoms with van der Waals surface area (Å²) in [6.45, 7) is 5.57. The Morgan fingerprint density at radius 2 is 1.38 bits per heavy atom. The van der Waals surface area contributed by atoms with Crippen LogP contribution in [0.4, 0.5) is 5.69 Å². The van der Waals surface area contributed by atoms with Gasteiger partial charge in [-0.05, 0) is 128 Å². The zero-order valence-corrected chi connectivity index (χ0v) is 69.4. The number of nitrogens with one attached hydrogen (secondary N) is 7. The van der Waals surface area contributed by atoms with Gasteiger partial charge in [-0.1, -0.05) is 55.2 Å². The van der Waals surface area contributed by atoms with Crippen molar-refractivity contribution in [3.05, 3.63) is 134 Å². The number of aliphatic hydroxyl groups is 8. The summed E-state index contributed by atoms with van der Waals surface area (Å²) in [6, 6.07) is 2.53. The number of halogens is 2. The van der Waals surface area contributed by atoms with E-state index in [0.717, 1.165) is 66.7 Å². The van der Waals surface area contributed by atoms with E-state index >= 15 is 14.4 Å². The zero-order valence-electron chi connectivity index (χ0n) is 67.9. The molecule has 6 aromatic carbocycles. The molecule has 0 aromatic heterocycles. The van der Waals surface area contributed by atoms with E-state index < -0.39 is 313 Å². The molecule has 7 unspecified atom stereocenters. The second kappa shape index (κ2) is 35.0. The molecule has 9 bridgehead atoms. The highest BCUT2D eigenvalue weighted by atomic mass is 35.5. The number of ether oxygens (including phenoxy) is 7. The fourth-order valence-electron chi connectivity index (χ4n) is 17.3. The summed E-state index contributed by atoms with van der Waals surface area (Å²) >= 11 is 14.3. The SMILES string of the molecule is CN[C@H](CC(C)C)C(=O)N[C@H]1C(=O)N[C@@H](CC(N)=O)C(=O)N[C@H]2C(=O)N[C@@H](C(N)=O)c3ccc(O)c(c3)-c3c(O)cc(O)cc3C(C(=O)N3C4C(C(O)C5(O)C6C(C(=O)Nc7ccc(OC)c(C(N)=O)c7O)C65)C43)NC(=O)C[C@H](O)c3ccc(c(Cl)c3)Oc3cc2cc(c3OC2O[C@@H](CO)[C@@H](O)[C@H](O)[C@@H]2O[C@@H]2C[C@](C)(N)[C@H](O)[C@@H](C)O2)Oc2ccc(cc2Cl)[C@H]1O. The number of methoxy groups -OCH3 is 1. The molecule has 6 aromatic rings. The minimum absolute atomic E-state index is 0.0787. The molecule has 6 fully saturated rings. The number of benzene rings is 6. The predicted octanol–water partition coefficient (Wildman–Crippen LogP) is -0.973. The van der Waals surface area contributed by atoms with Gasteiger partial charge in [0.25, 0.3) is 11.8 Å². The largest absolute Gasteiger partial charge is 0.508 e. The molecule has 3 aliphatic carbocycles. The van der Waals surface area contributed by atoms with Crippen LogP contribution in [0.25, 0.3) is 11.1 Å². The first kappa shape index (κ1) is 90.7. The van der Waals surface area contributed by atoms with Crippen molar-refractivity contribution in [3.63, 3.8) is 0 Å². The smallest absolute Gasteiger partial charge is 0.256 e. The van der Waals surface area contributed by atoms with Crippen molar-refractivity contribution in [3.8, 4) is 68.6 Å². The molecule has 27 N–H and O–H groups in total. The highest BCUT2D eigenvalue weighted by Crippen LogP contribution is 2.80. The first-order chi connectivity index (χ1) is 59.5. The first-order valence-electron chi connectivity index (χ1n) is 39.9. The van der Waals surface area contributed by atoms with Gasteiger partial charge >= 0.3 is 0 Å².